The van der Waals surface area contributed by atoms with Crippen LogP contribution in [-0.2, 0) is 30.5 Å². The number of aliphatic carboxylic acids is 1. The number of hydrogen-bond donors (Lipinski definition) is 9. The number of urea groups is 4. The van der Waals surface area contributed by atoms with E-state index in [2.05, 4.69) is 42.5 Å². The first-order chi connectivity index (χ1) is 47.5. The molecule has 1 aliphatic rings. The number of nitrogens with one attached hydrogen (secondary N) is 8. The third-order valence-corrected chi connectivity index (χ3v) is 16.6. The minimum atomic E-state index is -0.766. The summed E-state index contributed by atoms with van der Waals surface area (Å²) >= 11 is 0. The van der Waals surface area contributed by atoms with E-state index in [9.17, 15) is 24.0 Å². The quantitative estimate of drug-likeness (QED) is 0.0201. The SMILES string of the molecule is CCCOc1c2cc(NC(=O)Nc3ccc(C)cc3)cc1Cc1cc(NC(=O)Nc3ccc(C)cc3)cc(c1OCCC)Cc1cc(NC(=O)Nc3ccc(C)cc3)cc(c1OCCCCCCCCCCC(=O)O)Cc1cc(NC(=O)Nc3ccc(C)cc3)cc(c1OCCC)C2. The van der Waals surface area contributed by atoms with Crippen LogP contribution in [0.15, 0.2) is 146 Å². The Labute approximate surface area is 576 Å². The predicted octanol–water partition coefficient (Wildman–Crippen LogP) is 19.5. The molecule has 0 fully saturated rings. The first kappa shape index (κ1) is 71.8. The second kappa shape index (κ2) is 36.0. The number of anilines is 8. The van der Waals surface area contributed by atoms with Crippen molar-refractivity contribution < 1.29 is 48.0 Å². The van der Waals surface area contributed by atoms with Crippen molar-refractivity contribution in [3.05, 3.63) is 212 Å². The van der Waals surface area contributed by atoms with E-state index in [-0.39, 0.29) is 32.1 Å². The Morgan fingerprint density at radius 1 is 0.296 bits per heavy atom. The number of aryl methyl sites for hydroxylation is 4. The van der Waals surface area contributed by atoms with Crippen LogP contribution in [0, 0.1) is 27.7 Å². The van der Waals surface area contributed by atoms with Gasteiger partial charge in [0.1, 0.15) is 23.0 Å². The molecule has 0 aliphatic heterocycles. The number of rotatable bonds is 29. The highest BCUT2D eigenvalue weighted by molar-refractivity contribution is 6.02. The van der Waals surface area contributed by atoms with Gasteiger partial charge in [-0.1, -0.05) is 130 Å². The molecule has 98 heavy (non-hydrogen) atoms. The van der Waals surface area contributed by atoms with E-state index >= 15 is 0 Å². The Hall–Kier alpha value is -10.5. The molecule has 8 bridgehead atoms. The molecule has 0 spiro atoms. The van der Waals surface area contributed by atoms with E-state index in [1.54, 1.807) is 0 Å². The maximum Gasteiger partial charge on any atom is 0.323 e. The number of carboxylic acids is 1. The van der Waals surface area contributed by atoms with Gasteiger partial charge in [-0.2, -0.15) is 0 Å². The average molecular weight is 1330 g/mol. The maximum absolute atomic E-state index is 14.3. The van der Waals surface area contributed by atoms with Crippen molar-refractivity contribution in [2.75, 3.05) is 69.0 Å². The molecule has 8 amide bonds. The van der Waals surface area contributed by atoms with Crippen LogP contribution in [0.25, 0.3) is 0 Å². The highest BCUT2D eigenvalue weighted by Gasteiger charge is 2.27. The number of carboxylic acid groups (broad SMARTS) is 1. The van der Waals surface area contributed by atoms with E-state index in [1.807, 2.05) is 194 Å². The van der Waals surface area contributed by atoms with Crippen molar-refractivity contribution >= 4 is 75.6 Å². The number of fused-ring (bicyclic) bond motifs is 8. The Morgan fingerprint density at radius 3 is 0.724 bits per heavy atom. The van der Waals surface area contributed by atoms with Gasteiger partial charge in [-0.15, -0.1) is 0 Å². The summed E-state index contributed by atoms with van der Waals surface area (Å²) in [6, 6.07) is 43.8. The van der Waals surface area contributed by atoms with Gasteiger partial charge in [0.2, 0.25) is 0 Å². The van der Waals surface area contributed by atoms with Crippen molar-refractivity contribution in [3.63, 3.8) is 0 Å². The first-order valence-electron chi connectivity index (χ1n) is 34.4. The average Bonchev–Trinajstić information content (AvgIpc) is 0.785. The fourth-order valence-corrected chi connectivity index (χ4v) is 11.9. The van der Waals surface area contributed by atoms with Crippen molar-refractivity contribution in [3.8, 4) is 23.0 Å². The number of benzene rings is 8. The number of hydrogen-bond acceptors (Lipinski definition) is 9. The maximum atomic E-state index is 14.3. The number of ether oxygens (including phenoxy) is 4. The monoisotopic (exact) mass is 1330 g/mol. The van der Waals surface area contributed by atoms with Gasteiger partial charge >= 0.3 is 30.1 Å². The van der Waals surface area contributed by atoms with Crippen LogP contribution >= 0.6 is 0 Å². The molecule has 0 aromatic heterocycles. The second-order valence-corrected chi connectivity index (χ2v) is 25.3. The lowest BCUT2D eigenvalue weighted by Crippen LogP contribution is -2.21. The van der Waals surface area contributed by atoms with Gasteiger partial charge in [-0.3, -0.25) is 4.79 Å². The molecule has 8 aromatic rings. The Bertz CT molecular complexity index is 3850. The Morgan fingerprint density at radius 2 is 0.500 bits per heavy atom. The van der Waals surface area contributed by atoms with Crippen LogP contribution in [0.2, 0.25) is 0 Å². The van der Waals surface area contributed by atoms with Gasteiger partial charge in [0.25, 0.3) is 0 Å². The molecule has 0 saturated carbocycles. The predicted molar refractivity (Wildman–Crippen MR) is 394 cm³/mol. The molecular weight excluding hydrogens is 1230 g/mol. The van der Waals surface area contributed by atoms with E-state index < -0.39 is 30.1 Å². The number of carbonyl (C=O) groups is 5. The van der Waals surface area contributed by atoms with Crippen molar-refractivity contribution in [1.29, 1.82) is 0 Å². The minimum absolute atomic E-state index is 0.177. The summed E-state index contributed by atoms with van der Waals surface area (Å²) in [4.78, 5) is 68.3. The largest absolute Gasteiger partial charge is 0.493 e. The van der Waals surface area contributed by atoms with Gasteiger partial charge in [0.15, 0.2) is 0 Å². The van der Waals surface area contributed by atoms with Crippen LogP contribution in [0.4, 0.5) is 64.7 Å². The normalized spacial score (nSPS) is 11.5. The Balaban J connectivity index is 1.26. The molecule has 9 N–H and O–H groups in total. The second-order valence-electron chi connectivity index (χ2n) is 25.3. The van der Waals surface area contributed by atoms with Crippen molar-refractivity contribution in [1.82, 2.24) is 0 Å². The summed E-state index contributed by atoms with van der Waals surface area (Å²) in [5, 5.41) is 33.9. The molecule has 0 radical (unpaired) electrons. The van der Waals surface area contributed by atoms with Gasteiger partial charge in [0.05, 0.1) is 26.4 Å². The summed E-state index contributed by atoms with van der Waals surface area (Å²) in [7, 11) is 0. The van der Waals surface area contributed by atoms with E-state index in [0.717, 1.165) is 67.2 Å². The smallest absolute Gasteiger partial charge is 0.323 e. The molecule has 0 saturated heterocycles. The highest BCUT2D eigenvalue weighted by Crippen LogP contribution is 2.43. The molecule has 0 atom stereocenters. The zero-order valence-corrected chi connectivity index (χ0v) is 57.6. The van der Waals surface area contributed by atoms with Crippen LogP contribution < -0.4 is 61.5 Å². The summed E-state index contributed by atoms with van der Waals surface area (Å²) in [6.07, 6.45) is 10.1. The molecule has 18 heteroatoms. The standard InChI is InChI=1S/C80H94N8O10/c1-8-36-95-73-56-40-58-46-69(86-78(92)82-65-30-22-53(5)23-31-65)48-60(74(58)96-37-9-2)42-62-50-71(88-80(94)84-67-34-26-55(7)27-35-67)51-63(76(62)98-39-18-16-14-12-11-13-15-17-19-72(89)90)43-61-49-70(87-79(93)83-66-32-24-54(6)25-33-66)47-59(75(61)97-38-10-3)41-57(73)45-68(44-56)85-77(91)81-64-28-20-52(4)21-29-64/h20-35,44-51H,8-19,36-43H2,1-7H3,(H,89,90)(H2,81,85,91)(H2,82,86,92)(H2,83,87,93)(H2,84,88,94). The van der Waals surface area contributed by atoms with Gasteiger partial charge < -0.3 is 66.6 Å². The zero-order chi connectivity index (χ0) is 69.3. The lowest BCUT2D eigenvalue weighted by molar-refractivity contribution is -0.137. The fraction of sp³-hybridized carbons (Fsp3) is 0.338. The molecule has 514 valence electrons. The summed E-state index contributed by atoms with van der Waals surface area (Å²) < 4.78 is 28.1. The van der Waals surface area contributed by atoms with Gasteiger partial charge in [0, 0.05) is 122 Å². The van der Waals surface area contributed by atoms with Crippen LogP contribution in [0.1, 0.15) is 165 Å². The molecule has 1 aliphatic carbocycles. The van der Waals surface area contributed by atoms with E-state index in [0.29, 0.717) is 165 Å². The zero-order valence-electron chi connectivity index (χ0n) is 57.6. The highest BCUT2D eigenvalue weighted by atomic mass is 16.5. The van der Waals surface area contributed by atoms with Gasteiger partial charge in [-0.05, 0) is 157 Å². The van der Waals surface area contributed by atoms with Crippen LogP contribution in [-0.4, -0.2) is 61.6 Å². The molecule has 0 unspecified atom stereocenters. The van der Waals surface area contributed by atoms with Gasteiger partial charge in [-0.25, -0.2) is 19.2 Å². The fourth-order valence-electron chi connectivity index (χ4n) is 11.9. The summed E-state index contributed by atoms with van der Waals surface area (Å²) in [6.45, 7) is 15.5. The first-order valence-corrected chi connectivity index (χ1v) is 34.4. The third-order valence-electron chi connectivity index (χ3n) is 16.6. The lowest BCUT2D eigenvalue weighted by atomic mass is 9.90. The number of amides is 8. The topological polar surface area (TPSA) is 239 Å². The van der Waals surface area contributed by atoms with Crippen LogP contribution in [0.3, 0.4) is 0 Å². The van der Waals surface area contributed by atoms with Crippen LogP contribution in [0.5, 0.6) is 23.0 Å². The molecule has 8 aromatic carbocycles. The third kappa shape index (κ3) is 21.8. The molecule has 18 nitrogen and oxygen atoms in total. The van der Waals surface area contributed by atoms with E-state index in [1.165, 1.54) is 0 Å². The molecule has 9 rings (SSSR count). The van der Waals surface area contributed by atoms with E-state index in [4.69, 9.17) is 24.1 Å². The number of unbranched alkanes of at least 4 members (excludes halogenated alkanes) is 7. The van der Waals surface area contributed by atoms with Crippen molar-refractivity contribution in [2.24, 2.45) is 0 Å². The summed E-state index contributed by atoms with van der Waals surface area (Å²) in [5.74, 6) is 1.55. The Kier molecular flexibility index (Phi) is 26.4. The lowest BCUT2D eigenvalue weighted by Gasteiger charge is -2.25. The number of carbonyl (C=O) groups excluding carboxylic acids is 4. The molecular formula is C80H94N8O10. The molecule has 0 heterocycles. The minimum Gasteiger partial charge on any atom is -0.493 e. The van der Waals surface area contributed by atoms with Crippen molar-refractivity contribution in [2.45, 2.75) is 151 Å². The summed E-state index contributed by atoms with van der Waals surface area (Å²) in [5.41, 5.74) is 14.2.